The quantitative estimate of drug-likeness (QED) is 0.535. The van der Waals surface area contributed by atoms with Crippen molar-refractivity contribution < 1.29 is 5.11 Å². The molecule has 0 fully saturated rings. The molecule has 1 rings (SSSR count). The summed E-state index contributed by atoms with van der Waals surface area (Å²) in [5.74, 6) is 1.93. The van der Waals surface area contributed by atoms with Gasteiger partial charge in [0.05, 0.1) is 6.61 Å². The number of nitrogens with one attached hydrogen (secondary N) is 1. The molecule has 0 saturated heterocycles. The Kier molecular flexibility index (Phi) is 6.82. The fourth-order valence-corrected chi connectivity index (χ4v) is 2.68. The highest BCUT2D eigenvalue weighted by Crippen LogP contribution is 2.19. The maximum Gasteiger partial charge on any atom is 0.190 e. The first-order valence-electron chi connectivity index (χ1n) is 6.87. The number of hydrogen-bond acceptors (Lipinski definition) is 5. The second kappa shape index (κ2) is 7.87. The highest BCUT2D eigenvalue weighted by molar-refractivity contribution is 7.99. The Hall–Kier alpha value is -0.590. The maximum atomic E-state index is 9.48. The zero-order valence-corrected chi connectivity index (χ0v) is 13.3. The Morgan fingerprint density at radius 3 is 2.68 bits per heavy atom. The van der Waals surface area contributed by atoms with E-state index in [2.05, 4.69) is 29.4 Å². The minimum absolute atomic E-state index is 0.160. The van der Waals surface area contributed by atoms with Crippen LogP contribution in [-0.4, -0.2) is 44.3 Å². The summed E-state index contributed by atoms with van der Waals surface area (Å²) in [6, 6.07) is 0. The van der Waals surface area contributed by atoms with E-state index in [1.807, 2.05) is 18.5 Å². The van der Waals surface area contributed by atoms with E-state index in [4.69, 9.17) is 0 Å². The van der Waals surface area contributed by atoms with Gasteiger partial charge in [0.25, 0.3) is 0 Å². The van der Waals surface area contributed by atoms with Gasteiger partial charge in [0.15, 0.2) is 5.16 Å². The average molecular weight is 286 g/mol. The van der Waals surface area contributed by atoms with Crippen LogP contribution in [0, 0.1) is 6.92 Å². The van der Waals surface area contributed by atoms with Crippen molar-refractivity contribution in [2.24, 2.45) is 7.05 Å². The molecule has 6 heteroatoms. The summed E-state index contributed by atoms with van der Waals surface area (Å²) in [6.45, 7) is 7.30. The molecule has 1 unspecified atom stereocenters. The molecular weight excluding hydrogens is 260 g/mol. The van der Waals surface area contributed by atoms with Crippen LogP contribution in [0.25, 0.3) is 0 Å². The van der Waals surface area contributed by atoms with E-state index in [0.29, 0.717) is 0 Å². The van der Waals surface area contributed by atoms with E-state index in [-0.39, 0.29) is 12.1 Å². The predicted molar refractivity (Wildman–Crippen MR) is 79.5 cm³/mol. The number of thioether (sulfide) groups is 1. The summed E-state index contributed by atoms with van der Waals surface area (Å²) in [4.78, 5) is 0. The first-order valence-corrected chi connectivity index (χ1v) is 7.85. The van der Waals surface area contributed by atoms with Crippen LogP contribution >= 0.6 is 11.8 Å². The number of hydrogen-bond donors (Lipinski definition) is 2. The number of aliphatic hydroxyl groups is 1. The minimum atomic E-state index is -0.160. The van der Waals surface area contributed by atoms with Gasteiger partial charge in [-0.2, -0.15) is 0 Å². The molecule has 0 bridgehead atoms. The molecule has 5 nitrogen and oxygen atoms in total. The van der Waals surface area contributed by atoms with E-state index in [9.17, 15) is 5.11 Å². The number of aliphatic hydroxyl groups excluding tert-OH is 1. The summed E-state index contributed by atoms with van der Waals surface area (Å²) in [7, 11) is 1.98. The number of nitrogens with zero attached hydrogens (tertiary/aromatic N) is 3. The van der Waals surface area contributed by atoms with Gasteiger partial charge in [-0.15, -0.1) is 10.2 Å². The number of aromatic nitrogens is 3. The van der Waals surface area contributed by atoms with Gasteiger partial charge in [0.1, 0.15) is 5.82 Å². The van der Waals surface area contributed by atoms with Gasteiger partial charge in [-0.1, -0.05) is 18.7 Å². The summed E-state index contributed by atoms with van der Waals surface area (Å²) in [5, 5.41) is 22.0. The molecule has 0 aromatic carbocycles. The van der Waals surface area contributed by atoms with Crippen LogP contribution in [0.1, 0.15) is 38.9 Å². The van der Waals surface area contributed by atoms with Crippen molar-refractivity contribution in [2.75, 3.05) is 18.9 Å². The number of aryl methyl sites for hydroxylation is 1. The lowest BCUT2D eigenvalue weighted by atomic mass is 9.97. The van der Waals surface area contributed by atoms with Gasteiger partial charge in [0, 0.05) is 18.3 Å². The smallest absolute Gasteiger partial charge is 0.190 e. The van der Waals surface area contributed by atoms with Gasteiger partial charge in [0.2, 0.25) is 0 Å². The van der Waals surface area contributed by atoms with Crippen LogP contribution in [0.3, 0.4) is 0 Å². The first kappa shape index (κ1) is 16.5. The molecule has 1 atom stereocenters. The third-order valence-electron chi connectivity index (χ3n) is 3.31. The lowest BCUT2D eigenvalue weighted by Gasteiger charge is -2.28. The Morgan fingerprint density at radius 1 is 1.42 bits per heavy atom. The van der Waals surface area contributed by atoms with Crippen LogP contribution < -0.4 is 5.32 Å². The largest absolute Gasteiger partial charge is 0.394 e. The fraction of sp³-hybridized carbons (Fsp3) is 0.846. The van der Waals surface area contributed by atoms with Crippen molar-refractivity contribution in [2.45, 2.75) is 50.7 Å². The lowest BCUT2D eigenvalue weighted by Crippen LogP contribution is -2.46. The van der Waals surface area contributed by atoms with Crippen molar-refractivity contribution >= 4 is 11.8 Å². The Morgan fingerprint density at radius 2 is 2.16 bits per heavy atom. The molecule has 0 aliphatic heterocycles. The first-order chi connectivity index (χ1) is 9.02. The van der Waals surface area contributed by atoms with Crippen molar-refractivity contribution in [1.82, 2.24) is 20.1 Å². The summed E-state index contributed by atoms with van der Waals surface area (Å²) in [5.41, 5.74) is -0.160. The molecule has 0 saturated carbocycles. The van der Waals surface area contributed by atoms with E-state index >= 15 is 0 Å². The van der Waals surface area contributed by atoms with Crippen LogP contribution in [0.4, 0.5) is 0 Å². The normalized spacial score (nSPS) is 14.6. The second-order valence-corrected chi connectivity index (χ2v) is 6.25. The molecule has 110 valence electrons. The van der Waals surface area contributed by atoms with Crippen molar-refractivity contribution in [3.8, 4) is 0 Å². The topological polar surface area (TPSA) is 63.0 Å². The summed E-state index contributed by atoms with van der Waals surface area (Å²) < 4.78 is 2.01. The molecule has 1 aromatic rings. The number of rotatable bonds is 9. The summed E-state index contributed by atoms with van der Waals surface area (Å²) >= 11 is 1.72. The van der Waals surface area contributed by atoms with Gasteiger partial charge in [-0.25, -0.2) is 0 Å². The highest BCUT2D eigenvalue weighted by atomic mass is 32.2. The molecular formula is C13H26N4OS. The van der Waals surface area contributed by atoms with Crippen molar-refractivity contribution in [3.05, 3.63) is 5.82 Å². The Bertz CT molecular complexity index is 383. The molecule has 0 aliphatic carbocycles. The maximum absolute atomic E-state index is 9.48. The third kappa shape index (κ3) is 5.12. The predicted octanol–water partition coefficient (Wildman–Crippen LogP) is 1.75. The van der Waals surface area contributed by atoms with Crippen LogP contribution in [0.2, 0.25) is 0 Å². The van der Waals surface area contributed by atoms with Gasteiger partial charge in [-0.3, -0.25) is 0 Å². The molecule has 1 aromatic heterocycles. The van der Waals surface area contributed by atoms with E-state index in [1.165, 1.54) is 0 Å². The molecule has 2 N–H and O–H groups in total. The molecule has 0 radical (unpaired) electrons. The van der Waals surface area contributed by atoms with E-state index in [1.54, 1.807) is 11.8 Å². The zero-order valence-electron chi connectivity index (χ0n) is 12.4. The van der Waals surface area contributed by atoms with Crippen molar-refractivity contribution in [3.63, 3.8) is 0 Å². The lowest BCUT2D eigenvalue weighted by molar-refractivity contribution is 0.165. The minimum Gasteiger partial charge on any atom is -0.394 e. The Balaban J connectivity index is 2.31. The van der Waals surface area contributed by atoms with Gasteiger partial charge in [-0.05, 0) is 39.7 Å². The second-order valence-electron chi connectivity index (χ2n) is 5.19. The standard InChI is InChI=1S/C13H26N4OS/c1-5-8-14-13(3,10-18)7-6-9-19-12-16-15-11(2)17(12)4/h14,18H,5-10H2,1-4H3. The van der Waals surface area contributed by atoms with Crippen LogP contribution in [-0.2, 0) is 7.05 Å². The third-order valence-corrected chi connectivity index (χ3v) is 4.41. The fourth-order valence-electron chi connectivity index (χ4n) is 1.79. The molecule has 19 heavy (non-hydrogen) atoms. The van der Waals surface area contributed by atoms with Crippen LogP contribution in [0.15, 0.2) is 5.16 Å². The monoisotopic (exact) mass is 286 g/mol. The molecule has 1 heterocycles. The Labute approximate surface area is 120 Å². The van der Waals surface area contributed by atoms with E-state index in [0.717, 1.165) is 42.5 Å². The SMILES string of the molecule is CCCNC(C)(CO)CCCSc1nnc(C)n1C. The highest BCUT2D eigenvalue weighted by Gasteiger charge is 2.21. The molecule has 0 aliphatic rings. The van der Waals surface area contributed by atoms with Crippen LogP contribution in [0.5, 0.6) is 0 Å². The molecule has 0 spiro atoms. The average Bonchev–Trinajstić information content (AvgIpc) is 2.73. The van der Waals surface area contributed by atoms with E-state index < -0.39 is 0 Å². The summed E-state index contributed by atoms with van der Waals surface area (Å²) in [6.07, 6.45) is 3.10. The zero-order chi connectivity index (χ0) is 14.3. The van der Waals surface area contributed by atoms with Gasteiger partial charge >= 0.3 is 0 Å². The van der Waals surface area contributed by atoms with Gasteiger partial charge < -0.3 is 15.0 Å². The van der Waals surface area contributed by atoms with Crippen molar-refractivity contribution in [1.29, 1.82) is 0 Å². The molecule has 0 amide bonds.